The summed E-state index contributed by atoms with van der Waals surface area (Å²) >= 11 is 1.93. The minimum Gasteiger partial charge on any atom is -0.306 e. The third-order valence-electron chi connectivity index (χ3n) is 3.75. The monoisotopic (exact) mass is 287 g/mol. The fourth-order valence-corrected chi connectivity index (χ4v) is 3.97. The van der Waals surface area contributed by atoms with E-state index in [-0.39, 0.29) is 0 Å². The van der Waals surface area contributed by atoms with Gasteiger partial charge in [0.05, 0.1) is 6.04 Å². The first-order chi connectivity index (χ1) is 9.56. The van der Waals surface area contributed by atoms with E-state index in [2.05, 4.69) is 64.2 Å². The zero-order chi connectivity index (χ0) is 14.7. The highest BCUT2D eigenvalue weighted by Gasteiger charge is 2.19. The molecular formula is C18H25NS. The third kappa shape index (κ3) is 3.13. The Morgan fingerprint density at radius 3 is 2.20 bits per heavy atom. The molecule has 0 spiro atoms. The van der Waals surface area contributed by atoms with Gasteiger partial charge in [0.1, 0.15) is 0 Å². The maximum atomic E-state index is 3.66. The second-order valence-electron chi connectivity index (χ2n) is 5.46. The Kier molecular flexibility index (Phi) is 5.00. The molecule has 1 unspecified atom stereocenters. The first-order valence-electron chi connectivity index (χ1n) is 7.46. The lowest BCUT2D eigenvalue weighted by atomic mass is 9.93. The van der Waals surface area contributed by atoms with Gasteiger partial charge in [0.2, 0.25) is 0 Å². The first-order valence-corrected chi connectivity index (χ1v) is 8.28. The molecule has 1 nitrogen and oxygen atoms in total. The van der Waals surface area contributed by atoms with Gasteiger partial charge in [-0.15, -0.1) is 11.3 Å². The minimum absolute atomic E-state index is 0.325. The van der Waals surface area contributed by atoms with Gasteiger partial charge in [-0.2, -0.15) is 0 Å². The molecule has 2 aromatic rings. The van der Waals surface area contributed by atoms with E-state index in [9.17, 15) is 0 Å². The molecule has 1 heterocycles. The number of benzene rings is 1. The Hall–Kier alpha value is -1.12. The van der Waals surface area contributed by atoms with Gasteiger partial charge in [-0.05, 0) is 62.6 Å². The summed E-state index contributed by atoms with van der Waals surface area (Å²) in [4.78, 5) is 2.89. The van der Waals surface area contributed by atoms with Gasteiger partial charge < -0.3 is 5.32 Å². The van der Waals surface area contributed by atoms with Crippen LogP contribution in [0.5, 0.6) is 0 Å². The van der Waals surface area contributed by atoms with E-state index >= 15 is 0 Å². The van der Waals surface area contributed by atoms with Crippen molar-refractivity contribution in [1.82, 2.24) is 5.32 Å². The summed E-state index contributed by atoms with van der Waals surface area (Å²) in [6, 6.07) is 9.46. The molecule has 1 aromatic heterocycles. The van der Waals surface area contributed by atoms with Crippen molar-refractivity contribution in [2.45, 2.75) is 47.1 Å². The topological polar surface area (TPSA) is 12.0 Å². The highest BCUT2D eigenvalue weighted by Crippen LogP contribution is 2.33. The SMILES string of the molecule is CCNC(c1ccc(CC)s1)c1c(C)cc(C)cc1C. The molecule has 0 aliphatic rings. The van der Waals surface area contributed by atoms with Crippen LogP contribution >= 0.6 is 11.3 Å². The molecule has 0 amide bonds. The molecule has 0 aliphatic heterocycles. The van der Waals surface area contributed by atoms with Gasteiger partial charge in [-0.25, -0.2) is 0 Å². The lowest BCUT2D eigenvalue weighted by molar-refractivity contribution is 0.633. The summed E-state index contributed by atoms with van der Waals surface area (Å²) in [5.74, 6) is 0. The Bertz CT molecular complexity index is 560. The number of hydrogen-bond acceptors (Lipinski definition) is 2. The van der Waals surface area contributed by atoms with Crippen LogP contribution in [0.4, 0.5) is 0 Å². The lowest BCUT2D eigenvalue weighted by Gasteiger charge is -2.22. The summed E-state index contributed by atoms with van der Waals surface area (Å²) in [5, 5.41) is 3.66. The molecule has 0 bridgehead atoms. The van der Waals surface area contributed by atoms with E-state index < -0.39 is 0 Å². The van der Waals surface area contributed by atoms with Crippen molar-refractivity contribution in [3.05, 3.63) is 56.3 Å². The molecule has 20 heavy (non-hydrogen) atoms. The molecule has 0 fully saturated rings. The maximum absolute atomic E-state index is 3.66. The van der Waals surface area contributed by atoms with Gasteiger partial charge in [0.25, 0.3) is 0 Å². The van der Waals surface area contributed by atoms with Crippen molar-refractivity contribution in [2.24, 2.45) is 0 Å². The fraction of sp³-hybridized carbons (Fsp3) is 0.444. The van der Waals surface area contributed by atoms with Crippen LogP contribution in [-0.2, 0) is 6.42 Å². The van der Waals surface area contributed by atoms with Crippen molar-refractivity contribution in [1.29, 1.82) is 0 Å². The highest BCUT2D eigenvalue weighted by atomic mass is 32.1. The van der Waals surface area contributed by atoms with Crippen LogP contribution in [0, 0.1) is 20.8 Å². The van der Waals surface area contributed by atoms with Crippen LogP contribution in [0.2, 0.25) is 0 Å². The summed E-state index contributed by atoms with van der Waals surface area (Å²) < 4.78 is 0. The highest BCUT2D eigenvalue weighted by molar-refractivity contribution is 7.12. The van der Waals surface area contributed by atoms with Crippen LogP contribution in [-0.4, -0.2) is 6.54 Å². The van der Waals surface area contributed by atoms with E-state index in [0.29, 0.717) is 6.04 Å². The zero-order valence-electron chi connectivity index (χ0n) is 13.2. The Morgan fingerprint density at radius 1 is 1.05 bits per heavy atom. The van der Waals surface area contributed by atoms with Crippen molar-refractivity contribution in [2.75, 3.05) is 6.54 Å². The lowest BCUT2D eigenvalue weighted by Crippen LogP contribution is -2.23. The molecular weight excluding hydrogens is 262 g/mol. The summed E-state index contributed by atoms with van der Waals surface area (Å²) in [7, 11) is 0. The van der Waals surface area contributed by atoms with E-state index in [4.69, 9.17) is 0 Å². The molecule has 1 N–H and O–H groups in total. The van der Waals surface area contributed by atoms with E-state index in [1.54, 1.807) is 0 Å². The standard InChI is InChI=1S/C18H25NS/c1-6-15-8-9-16(20-15)18(19-7-2)17-13(4)10-12(3)11-14(17)5/h8-11,18-19H,6-7H2,1-5H3. The number of rotatable bonds is 5. The van der Waals surface area contributed by atoms with Gasteiger partial charge in [0.15, 0.2) is 0 Å². The molecule has 1 atom stereocenters. The third-order valence-corrected chi connectivity index (χ3v) is 5.04. The Balaban J connectivity index is 2.48. The first kappa shape index (κ1) is 15.3. The van der Waals surface area contributed by atoms with E-state index in [1.807, 2.05) is 11.3 Å². The maximum Gasteiger partial charge on any atom is 0.0676 e. The molecule has 0 radical (unpaired) electrons. The largest absolute Gasteiger partial charge is 0.306 e. The molecule has 2 rings (SSSR count). The predicted octanol–water partition coefficient (Wildman–Crippen LogP) is 4.93. The van der Waals surface area contributed by atoms with Gasteiger partial charge in [0, 0.05) is 9.75 Å². The van der Waals surface area contributed by atoms with Crippen LogP contribution in [0.15, 0.2) is 24.3 Å². The fourth-order valence-electron chi connectivity index (χ4n) is 2.94. The predicted molar refractivity (Wildman–Crippen MR) is 89.9 cm³/mol. The number of thiophene rings is 1. The average Bonchev–Trinajstić information content (AvgIpc) is 2.85. The average molecular weight is 287 g/mol. The van der Waals surface area contributed by atoms with Gasteiger partial charge >= 0.3 is 0 Å². The van der Waals surface area contributed by atoms with Gasteiger partial charge in [-0.1, -0.05) is 31.5 Å². The van der Waals surface area contributed by atoms with E-state index in [0.717, 1.165) is 13.0 Å². The van der Waals surface area contributed by atoms with Crippen molar-refractivity contribution in [3.63, 3.8) is 0 Å². The summed E-state index contributed by atoms with van der Waals surface area (Å²) in [6.07, 6.45) is 1.12. The number of aryl methyl sites for hydroxylation is 4. The minimum atomic E-state index is 0.325. The van der Waals surface area contributed by atoms with Crippen LogP contribution < -0.4 is 5.32 Å². The normalized spacial score (nSPS) is 12.7. The summed E-state index contributed by atoms with van der Waals surface area (Å²) in [5.41, 5.74) is 5.57. The molecule has 0 saturated carbocycles. The molecule has 2 heteroatoms. The van der Waals surface area contributed by atoms with Crippen molar-refractivity contribution < 1.29 is 0 Å². The second kappa shape index (κ2) is 6.55. The summed E-state index contributed by atoms with van der Waals surface area (Å²) in [6.45, 7) is 12.0. The Labute approximate surface area is 127 Å². The molecule has 0 aliphatic carbocycles. The quantitative estimate of drug-likeness (QED) is 0.821. The van der Waals surface area contributed by atoms with Crippen LogP contribution in [0.3, 0.4) is 0 Å². The van der Waals surface area contributed by atoms with Gasteiger partial charge in [-0.3, -0.25) is 0 Å². The second-order valence-corrected chi connectivity index (χ2v) is 6.66. The van der Waals surface area contributed by atoms with Crippen LogP contribution in [0.25, 0.3) is 0 Å². The van der Waals surface area contributed by atoms with Crippen molar-refractivity contribution in [3.8, 4) is 0 Å². The molecule has 108 valence electrons. The zero-order valence-corrected chi connectivity index (χ0v) is 14.0. The molecule has 1 aromatic carbocycles. The van der Waals surface area contributed by atoms with Crippen LogP contribution in [0.1, 0.15) is 51.9 Å². The van der Waals surface area contributed by atoms with E-state index in [1.165, 1.54) is 32.0 Å². The molecule has 0 saturated heterocycles. The Morgan fingerprint density at radius 2 is 1.70 bits per heavy atom. The van der Waals surface area contributed by atoms with Crippen molar-refractivity contribution >= 4 is 11.3 Å². The number of hydrogen-bond donors (Lipinski definition) is 1. The smallest absolute Gasteiger partial charge is 0.0676 e. The number of nitrogens with one attached hydrogen (secondary N) is 1.